The van der Waals surface area contributed by atoms with Crippen molar-refractivity contribution in [3.8, 4) is 22.6 Å². The molecule has 0 saturated carbocycles. The number of nitrogens with one attached hydrogen (secondary N) is 1. The third-order valence-electron chi connectivity index (χ3n) is 6.21. The van der Waals surface area contributed by atoms with Gasteiger partial charge in [0.15, 0.2) is 11.5 Å². The fourth-order valence-electron chi connectivity index (χ4n) is 4.68. The molecule has 34 heavy (non-hydrogen) atoms. The number of aromatic amines is 1. The summed E-state index contributed by atoms with van der Waals surface area (Å²) < 4.78 is 4.54. The summed E-state index contributed by atoms with van der Waals surface area (Å²) in [6.07, 6.45) is 0.866. The van der Waals surface area contributed by atoms with Crippen molar-refractivity contribution in [3.05, 3.63) is 64.7 Å². The van der Waals surface area contributed by atoms with E-state index in [-0.39, 0.29) is 12.4 Å². The van der Waals surface area contributed by atoms with Crippen molar-refractivity contribution in [1.29, 1.82) is 0 Å². The molecule has 1 N–H and O–H groups in total. The van der Waals surface area contributed by atoms with Gasteiger partial charge >= 0.3 is 0 Å². The van der Waals surface area contributed by atoms with Crippen LogP contribution in [-0.4, -0.2) is 39.7 Å². The lowest BCUT2D eigenvalue weighted by Crippen LogP contribution is -2.06. The first-order chi connectivity index (χ1) is 16.0. The Bertz CT molecular complexity index is 1430. The Balaban J connectivity index is 0.00000274. The molecule has 0 aliphatic rings. The molecule has 0 aliphatic heterocycles. The van der Waals surface area contributed by atoms with Gasteiger partial charge in [0.05, 0.1) is 12.2 Å². The molecule has 0 amide bonds. The van der Waals surface area contributed by atoms with E-state index in [0.717, 1.165) is 59.0 Å². The zero-order chi connectivity index (χ0) is 23.1. The zero-order valence-corrected chi connectivity index (χ0v) is 20.9. The summed E-state index contributed by atoms with van der Waals surface area (Å²) in [4.78, 5) is 9.68. The van der Waals surface area contributed by atoms with Crippen LogP contribution in [0.25, 0.3) is 33.8 Å². The highest BCUT2D eigenvalue weighted by atomic mass is 35.5. The summed E-state index contributed by atoms with van der Waals surface area (Å²) in [5.41, 5.74) is 9.80. The normalized spacial score (nSPS) is 11.2. The molecule has 0 bridgehead atoms. The van der Waals surface area contributed by atoms with Crippen LogP contribution >= 0.6 is 12.4 Å². The summed E-state index contributed by atoms with van der Waals surface area (Å²) in [5.74, 6) is 1.74. The average molecular weight is 477 g/mol. The van der Waals surface area contributed by atoms with Gasteiger partial charge < -0.3 is 9.13 Å². The molecule has 0 saturated heterocycles. The number of halogens is 1. The summed E-state index contributed by atoms with van der Waals surface area (Å²) in [6, 6.07) is 13.0. The minimum atomic E-state index is 0. The fourth-order valence-corrected chi connectivity index (χ4v) is 4.68. The van der Waals surface area contributed by atoms with E-state index in [0.29, 0.717) is 5.82 Å². The van der Waals surface area contributed by atoms with Gasteiger partial charge in [-0.2, -0.15) is 0 Å². The molecule has 0 spiro atoms. The van der Waals surface area contributed by atoms with Gasteiger partial charge in [0.25, 0.3) is 0 Å². The minimum absolute atomic E-state index is 0. The number of tetrazole rings is 1. The molecular formula is C25H29ClN8. The molecule has 176 valence electrons. The second-order valence-corrected chi connectivity index (χ2v) is 8.46. The van der Waals surface area contributed by atoms with E-state index in [1.165, 1.54) is 16.8 Å². The predicted octanol–water partition coefficient (Wildman–Crippen LogP) is 5.06. The predicted molar refractivity (Wildman–Crippen MR) is 136 cm³/mol. The van der Waals surface area contributed by atoms with Crippen LogP contribution in [-0.2, 0) is 19.5 Å². The third kappa shape index (κ3) is 3.98. The quantitative estimate of drug-likeness (QED) is 0.370. The SMILES string of the molecule is CCc1nc2c(C)cc(C)nc2n1Cc1ccc(-c2c(-c3nnn[nH]3)cc(C)n2CC)cc1.Cl. The van der Waals surface area contributed by atoms with Crippen LogP contribution in [0.3, 0.4) is 0 Å². The van der Waals surface area contributed by atoms with Crippen LogP contribution in [0.2, 0.25) is 0 Å². The number of rotatable bonds is 6. The van der Waals surface area contributed by atoms with Crippen molar-refractivity contribution < 1.29 is 0 Å². The molecule has 5 rings (SSSR count). The van der Waals surface area contributed by atoms with E-state index in [4.69, 9.17) is 9.97 Å². The maximum absolute atomic E-state index is 4.87. The smallest absolute Gasteiger partial charge is 0.181 e. The fraction of sp³-hybridized carbons (Fsp3) is 0.320. The van der Waals surface area contributed by atoms with Gasteiger partial charge in [-0.05, 0) is 66.9 Å². The molecule has 1 aromatic carbocycles. The van der Waals surface area contributed by atoms with E-state index in [1.807, 2.05) is 6.92 Å². The number of aromatic nitrogens is 8. The second-order valence-electron chi connectivity index (χ2n) is 8.46. The highest BCUT2D eigenvalue weighted by Crippen LogP contribution is 2.33. The number of fused-ring (bicyclic) bond motifs is 1. The van der Waals surface area contributed by atoms with Gasteiger partial charge in [-0.15, -0.1) is 17.5 Å². The summed E-state index contributed by atoms with van der Waals surface area (Å²) in [6.45, 7) is 12.2. The van der Waals surface area contributed by atoms with Crippen LogP contribution in [0.5, 0.6) is 0 Å². The van der Waals surface area contributed by atoms with Gasteiger partial charge in [-0.25, -0.2) is 15.1 Å². The maximum atomic E-state index is 4.87. The number of aryl methyl sites for hydroxylation is 4. The van der Waals surface area contributed by atoms with Gasteiger partial charge in [0.2, 0.25) is 0 Å². The Morgan fingerprint density at radius 3 is 2.35 bits per heavy atom. The molecule has 0 aliphatic carbocycles. The molecule has 0 radical (unpaired) electrons. The zero-order valence-electron chi connectivity index (χ0n) is 20.1. The Morgan fingerprint density at radius 1 is 0.941 bits per heavy atom. The van der Waals surface area contributed by atoms with E-state index in [1.54, 1.807) is 0 Å². The molecule has 9 heteroatoms. The number of hydrogen-bond donors (Lipinski definition) is 1. The molecule has 4 aromatic heterocycles. The highest BCUT2D eigenvalue weighted by Gasteiger charge is 2.18. The lowest BCUT2D eigenvalue weighted by Gasteiger charge is -2.12. The molecule has 0 atom stereocenters. The number of nitrogens with zero attached hydrogens (tertiary/aromatic N) is 7. The van der Waals surface area contributed by atoms with Crippen molar-refractivity contribution in [3.63, 3.8) is 0 Å². The number of H-pyrrole nitrogens is 1. The van der Waals surface area contributed by atoms with Crippen LogP contribution in [0, 0.1) is 20.8 Å². The molecule has 8 nitrogen and oxygen atoms in total. The van der Waals surface area contributed by atoms with E-state index >= 15 is 0 Å². The van der Waals surface area contributed by atoms with Crippen molar-refractivity contribution in [2.45, 2.75) is 54.1 Å². The summed E-state index contributed by atoms with van der Waals surface area (Å²) in [5, 5.41) is 14.6. The number of imidazole rings is 1. The second kappa shape index (κ2) is 9.38. The first-order valence-corrected chi connectivity index (χ1v) is 11.4. The Kier molecular flexibility index (Phi) is 6.52. The highest BCUT2D eigenvalue weighted by molar-refractivity contribution is 5.85. The first kappa shape index (κ1) is 23.6. The van der Waals surface area contributed by atoms with E-state index < -0.39 is 0 Å². The van der Waals surface area contributed by atoms with Crippen LogP contribution in [0.15, 0.2) is 36.4 Å². The average Bonchev–Trinajstić information content (AvgIpc) is 3.52. The molecule has 0 fully saturated rings. The number of hydrogen-bond acceptors (Lipinski definition) is 5. The van der Waals surface area contributed by atoms with Gasteiger partial charge in [-0.3, -0.25) is 0 Å². The van der Waals surface area contributed by atoms with Crippen LogP contribution < -0.4 is 0 Å². The van der Waals surface area contributed by atoms with Crippen molar-refractivity contribution in [2.24, 2.45) is 0 Å². The lowest BCUT2D eigenvalue weighted by molar-refractivity contribution is 0.744. The standard InChI is InChI=1S/C25H28N8.ClH/c1-6-21-27-22-15(3)12-16(4)26-25(22)33(21)14-18-8-10-19(11-9-18)23-20(24-28-30-31-29-24)13-17(5)32(23)7-2;/h8-13H,6-7,14H2,1-5H3,(H,28,29,30,31);1H. The van der Waals surface area contributed by atoms with Crippen LogP contribution in [0.1, 0.15) is 42.2 Å². The largest absolute Gasteiger partial charge is 0.345 e. The summed E-state index contributed by atoms with van der Waals surface area (Å²) >= 11 is 0. The third-order valence-corrected chi connectivity index (χ3v) is 6.21. The monoisotopic (exact) mass is 476 g/mol. The first-order valence-electron chi connectivity index (χ1n) is 11.4. The maximum Gasteiger partial charge on any atom is 0.181 e. The van der Waals surface area contributed by atoms with E-state index in [9.17, 15) is 0 Å². The molecule has 5 aromatic rings. The Hall–Kier alpha value is -3.52. The Labute approximate surface area is 204 Å². The minimum Gasteiger partial charge on any atom is -0.345 e. The van der Waals surface area contributed by atoms with Gasteiger partial charge in [0.1, 0.15) is 11.3 Å². The topological polar surface area (TPSA) is 90.1 Å². The van der Waals surface area contributed by atoms with Crippen molar-refractivity contribution >= 4 is 23.6 Å². The number of pyridine rings is 1. The number of benzene rings is 1. The van der Waals surface area contributed by atoms with Crippen molar-refractivity contribution in [1.82, 2.24) is 39.7 Å². The Morgan fingerprint density at radius 2 is 1.71 bits per heavy atom. The van der Waals surface area contributed by atoms with Gasteiger partial charge in [-0.1, -0.05) is 31.2 Å². The molecule has 0 unspecified atom stereocenters. The molecule has 4 heterocycles. The lowest BCUT2D eigenvalue weighted by atomic mass is 10.0. The van der Waals surface area contributed by atoms with Crippen molar-refractivity contribution in [2.75, 3.05) is 0 Å². The van der Waals surface area contributed by atoms with Crippen LogP contribution in [0.4, 0.5) is 0 Å². The summed E-state index contributed by atoms with van der Waals surface area (Å²) in [7, 11) is 0. The molecular weight excluding hydrogens is 448 g/mol. The van der Waals surface area contributed by atoms with Gasteiger partial charge in [0, 0.05) is 29.9 Å². The van der Waals surface area contributed by atoms with E-state index in [2.05, 4.69) is 93.9 Å².